The topological polar surface area (TPSA) is 25.8 Å². The predicted octanol–water partition coefficient (Wildman–Crippen LogP) is 5.37. The zero-order chi connectivity index (χ0) is 15.1. The van der Waals surface area contributed by atoms with Crippen LogP contribution in [0.4, 0.5) is 8.78 Å². The van der Waals surface area contributed by atoms with Crippen molar-refractivity contribution in [2.75, 3.05) is 0 Å². The molecule has 0 radical (unpaired) electrons. The number of nitrogens with zero attached hydrogens (tertiary/aromatic N) is 2. The van der Waals surface area contributed by atoms with Gasteiger partial charge in [0.25, 0.3) is 0 Å². The van der Waals surface area contributed by atoms with E-state index in [0.717, 1.165) is 15.8 Å². The Kier molecular flexibility index (Phi) is 3.20. The van der Waals surface area contributed by atoms with Gasteiger partial charge in [-0.05, 0) is 35.0 Å². The standard InChI is InChI=1S/C16H8F2N2S2/c17-9-5-6-10-14(13(9)18)20-16(12-4-2-8-22-12)15(19-10)11-3-1-7-21-11/h1-8H. The lowest BCUT2D eigenvalue weighted by molar-refractivity contribution is 0.515. The van der Waals surface area contributed by atoms with Gasteiger partial charge in [0.05, 0.1) is 15.3 Å². The van der Waals surface area contributed by atoms with E-state index in [4.69, 9.17) is 0 Å². The van der Waals surface area contributed by atoms with Gasteiger partial charge < -0.3 is 0 Å². The second kappa shape index (κ2) is 5.23. The van der Waals surface area contributed by atoms with E-state index in [2.05, 4.69) is 9.97 Å². The fourth-order valence-electron chi connectivity index (χ4n) is 2.23. The van der Waals surface area contributed by atoms with Crippen LogP contribution < -0.4 is 0 Å². The molecule has 2 nitrogen and oxygen atoms in total. The molecule has 0 saturated carbocycles. The number of rotatable bonds is 2. The highest BCUT2D eigenvalue weighted by atomic mass is 32.1. The summed E-state index contributed by atoms with van der Waals surface area (Å²) in [7, 11) is 0. The maximum Gasteiger partial charge on any atom is 0.186 e. The summed E-state index contributed by atoms with van der Waals surface area (Å²) in [5.41, 5.74) is 1.58. The van der Waals surface area contributed by atoms with E-state index in [1.165, 1.54) is 28.7 Å². The molecule has 3 heterocycles. The normalized spacial score (nSPS) is 11.2. The molecule has 22 heavy (non-hydrogen) atoms. The highest BCUT2D eigenvalue weighted by Gasteiger charge is 2.17. The van der Waals surface area contributed by atoms with E-state index >= 15 is 0 Å². The minimum atomic E-state index is -0.958. The molecule has 6 heteroatoms. The Balaban J connectivity index is 2.09. The third-order valence-electron chi connectivity index (χ3n) is 3.24. The zero-order valence-corrected chi connectivity index (χ0v) is 12.7. The number of halogens is 2. The van der Waals surface area contributed by atoms with Gasteiger partial charge in [-0.1, -0.05) is 12.1 Å². The molecule has 0 atom stereocenters. The van der Waals surface area contributed by atoms with Crippen molar-refractivity contribution in [3.05, 3.63) is 58.8 Å². The Morgan fingerprint density at radius 1 is 0.773 bits per heavy atom. The first-order chi connectivity index (χ1) is 10.7. The number of aromatic nitrogens is 2. The largest absolute Gasteiger partial charge is 0.243 e. The van der Waals surface area contributed by atoms with Crippen molar-refractivity contribution >= 4 is 33.7 Å². The van der Waals surface area contributed by atoms with Crippen LogP contribution in [0.3, 0.4) is 0 Å². The molecule has 0 N–H and O–H groups in total. The SMILES string of the molecule is Fc1ccc2nc(-c3cccs3)c(-c3cccs3)nc2c1F. The summed E-state index contributed by atoms with van der Waals surface area (Å²) in [6.45, 7) is 0. The minimum absolute atomic E-state index is 0.0382. The van der Waals surface area contributed by atoms with Crippen LogP contribution in [0.25, 0.3) is 32.2 Å². The van der Waals surface area contributed by atoms with Crippen molar-refractivity contribution in [1.82, 2.24) is 9.97 Å². The van der Waals surface area contributed by atoms with Crippen LogP contribution in [0.1, 0.15) is 0 Å². The molecular weight excluding hydrogens is 322 g/mol. The van der Waals surface area contributed by atoms with Crippen LogP contribution in [0.5, 0.6) is 0 Å². The van der Waals surface area contributed by atoms with Crippen LogP contribution in [-0.4, -0.2) is 9.97 Å². The highest BCUT2D eigenvalue weighted by Crippen LogP contribution is 2.35. The van der Waals surface area contributed by atoms with Crippen molar-refractivity contribution in [2.24, 2.45) is 0 Å². The molecule has 3 aromatic heterocycles. The molecule has 0 amide bonds. The molecule has 0 spiro atoms. The van der Waals surface area contributed by atoms with Crippen LogP contribution in [0.15, 0.2) is 47.2 Å². The van der Waals surface area contributed by atoms with Crippen molar-refractivity contribution in [2.45, 2.75) is 0 Å². The molecule has 0 fully saturated rings. The summed E-state index contributed by atoms with van der Waals surface area (Å²) in [4.78, 5) is 10.7. The summed E-state index contributed by atoms with van der Waals surface area (Å²) in [5.74, 6) is -1.87. The summed E-state index contributed by atoms with van der Waals surface area (Å²) in [6.07, 6.45) is 0. The number of benzene rings is 1. The van der Waals surface area contributed by atoms with Gasteiger partial charge in [0.15, 0.2) is 11.6 Å². The quantitative estimate of drug-likeness (QED) is 0.494. The van der Waals surface area contributed by atoms with Gasteiger partial charge in [-0.15, -0.1) is 22.7 Å². The number of thiophene rings is 2. The summed E-state index contributed by atoms with van der Waals surface area (Å²) in [6, 6.07) is 10.2. The average Bonchev–Trinajstić information content (AvgIpc) is 3.22. The van der Waals surface area contributed by atoms with E-state index in [9.17, 15) is 8.78 Å². The Morgan fingerprint density at radius 3 is 2.00 bits per heavy atom. The van der Waals surface area contributed by atoms with Gasteiger partial charge in [-0.3, -0.25) is 0 Å². The molecule has 108 valence electrons. The van der Waals surface area contributed by atoms with E-state index in [0.29, 0.717) is 16.9 Å². The second-order valence-electron chi connectivity index (χ2n) is 4.60. The van der Waals surface area contributed by atoms with Gasteiger partial charge in [0.2, 0.25) is 0 Å². The molecule has 1 aromatic carbocycles. The molecule has 0 aliphatic rings. The maximum absolute atomic E-state index is 14.0. The first kappa shape index (κ1) is 13.5. The van der Waals surface area contributed by atoms with Crippen LogP contribution in [-0.2, 0) is 0 Å². The number of hydrogen-bond donors (Lipinski definition) is 0. The zero-order valence-electron chi connectivity index (χ0n) is 11.1. The molecule has 4 aromatic rings. The predicted molar refractivity (Wildman–Crippen MR) is 86.1 cm³/mol. The molecule has 0 aliphatic carbocycles. The van der Waals surface area contributed by atoms with Gasteiger partial charge in [0.1, 0.15) is 16.9 Å². The van der Waals surface area contributed by atoms with E-state index in [1.54, 1.807) is 0 Å². The van der Waals surface area contributed by atoms with E-state index in [-0.39, 0.29) is 5.52 Å². The third-order valence-corrected chi connectivity index (χ3v) is 4.99. The lowest BCUT2D eigenvalue weighted by atomic mass is 10.2. The fraction of sp³-hybridized carbons (Fsp3) is 0. The van der Waals surface area contributed by atoms with Crippen molar-refractivity contribution in [1.29, 1.82) is 0 Å². The molecule has 0 aliphatic heterocycles. The van der Waals surface area contributed by atoms with Crippen LogP contribution in [0.2, 0.25) is 0 Å². The summed E-state index contributed by atoms with van der Waals surface area (Å²) in [5, 5.41) is 3.87. The van der Waals surface area contributed by atoms with Gasteiger partial charge in [-0.2, -0.15) is 0 Å². The first-order valence-electron chi connectivity index (χ1n) is 6.47. The Bertz CT molecular complexity index is 948. The lowest BCUT2D eigenvalue weighted by Crippen LogP contribution is -1.97. The summed E-state index contributed by atoms with van der Waals surface area (Å²) >= 11 is 3.03. The van der Waals surface area contributed by atoms with Crippen molar-refractivity contribution in [3.8, 4) is 21.1 Å². The van der Waals surface area contributed by atoms with Gasteiger partial charge >= 0.3 is 0 Å². The monoisotopic (exact) mass is 330 g/mol. The molecular formula is C16H8F2N2S2. The lowest BCUT2D eigenvalue weighted by Gasteiger charge is -2.08. The Hall–Kier alpha value is -2.18. The maximum atomic E-state index is 14.0. The van der Waals surface area contributed by atoms with Crippen LogP contribution >= 0.6 is 22.7 Å². The Labute approximate surface area is 132 Å². The van der Waals surface area contributed by atoms with Gasteiger partial charge in [0, 0.05) is 0 Å². The van der Waals surface area contributed by atoms with Crippen molar-refractivity contribution in [3.63, 3.8) is 0 Å². The van der Waals surface area contributed by atoms with Crippen LogP contribution in [0, 0.1) is 11.6 Å². The molecule has 0 unspecified atom stereocenters. The number of hydrogen-bond acceptors (Lipinski definition) is 4. The van der Waals surface area contributed by atoms with E-state index < -0.39 is 11.6 Å². The molecule has 4 rings (SSSR count). The van der Waals surface area contributed by atoms with Gasteiger partial charge in [-0.25, -0.2) is 18.7 Å². The Morgan fingerprint density at radius 2 is 1.41 bits per heavy atom. The molecule has 0 bridgehead atoms. The highest BCUT2D eigenvalue weighted by molar-refractivity contribution is 7.14. The minimum Gasteiger partial charge on any atom is -0.243 e. The average molecular weight is 330 g/mol. The molecule has 0 saturated heterocycles. The number of fused-ring (bicyclic) bond motifs is 1. The first-order valence-corrected chi connectivity index (χ1v) is 8.23. The smallest absolute Gasteiger partial charge is 0.186 e. The summed E-state index contributed by atoms with van der Waals surface area (Å²) < 4.78 is 27.5. The van der Waals surface area contributed by atoms with E-state index in [1.807, 2.05) is 35.0 Å². The second-order valence-corrected chi connectivity index (χ2v) is 6.50. The van der Waals surface area contributed by atoms with Crippen molar-refractivity contribution < 1.29 is 8.78 Å². The third kappa shape index (κ3) is 2.12. The fourth-order valence-corrected chi connectivity index (χ4v) is 3.66.